The zero-order valence-corrected chi connectivity index (χ0v) is 12.6. The lowest BCUT2D eigenvalue weighted by atomic mass is 10.1. The van der Waals surface area contributed by atoms with Gasteiger partial charge in [0.15, 0.2) is 11.6 Å². The molecule has 0 amide bonds. The van der Waals surface area contributed by atoms with Crippen LogP contribution in [0, 0.1) is 13.8 Å². The molecule has 102 valence electrons. The Morgan fingerprint density at radius 3 is 2.65 bits per heavy atom. The molecule has 3 rings (SSSR count). The summed E-state index contributed by atoms with van der Waals surface area (Å²) >= 11 is 3.47. The Morgan fingerprint density at radius 1 is 1.15 bits per heavy atom. The van der Waals surface area contributed by atoms with Gasteiger partial charge in [-0.05, 0) is 53.0 Å². The van der Waals surface area contributed by atoms with Crippen LogP contribution in [0.2, 0.25) is 0 Å². The van der Waals surface area contributed by atoms with Gasteiger partial charge in [-0.1, -0.05) is 0 Å². The zero-order valence-electron chi connectivity index (χ0n) is 11.1. The SMILES string of the molecule is Cc1cc2ncn(-c3ncnc(NN)c3Br)c2cc1C. The van der Waals surface area contributed by atoms with E-state index < -0.39 is 0 Å². The Hall–Kier alpha value is -1.99. The number of benzene rings is 1. The van der Waals surface area contributed by atoms with Crippen molar-refractivity contribution in [1.82, 2.24) is 19.5 Å². The standard InChI is InChI=1S/C13H13BrN6/c1-7-3-9-10(4-8(7)2)20(6-18-9)13-11(14)12(19-15)16-5-17-13/h3-6H,15H2,1-2H3,(H,16,17,19). The van der Waals surface area contributed by atoms with Gasteiger partial charge in [0.1, 0.15) is 17.1 Å². The molecule has 0 atom stereocenters. The summed E-state index contributed by atoms with van der Waals surface area (Å²) in [5.74, 6) is 6.66. The largest absolute Gasteiger partial charge is 0.307 e. The first-order valence-corrected chi connectivity index (χ1v) is 6.83. The molecule has 0 saturated heterocycles. The van der Waals surface area contributed by atoms with E-state index in [0.29, 0.717) is 16.1 Å². The number of imidazole rings is 1. The lowest BCUT2D eigenvalue weighted by Gasteiger charge is -2.09. The molecule has 0 unspecified atom stereocenters. The molecule has 1 aromatic carbocycles. The van der Waals surface area contributed by atoms with Gasteiger partial charge in [-0.25, -0.2) is 20.8 Å². The fraction of sp³-hybridized carbons (Fsp3) is 0.154. The van der Waals surface area contributed by atoms with E-state index in [1.54, 1.807) is 6.33 Å². The Kier molecular flexibility index (Phi) is 3.15. The lowest BCUT2D eigenvalue weighted by molar-refractivity contribution is 0.980. The van der Waals surface area contributed by atoms with Crippen molar-refractivity contribution in [1.29, 1.82) is 0 Å². The molecule has 0 aliphatic heterocycles. The van der Waals surface area contributed by atoms with Crippen LogP contribution in [0.3, 0.4) is 0 Å². The minimum absolute atomic E-state index is 0.528. The molecule has 0 saturated carbocycles. The average Bonchev–Trinajstić information content (AvgIpc) is 2.82. The van der Waals surface area contributed by atoms with E-state index in [1.165, 1.54) is 17.5 Å². The summed E-state index contributed by atoms with van der Waals surface area (Å²) in [7, 11) is 0. The fourth-order valence-corrected chi connectivity index (χ4v) is 2.57. The van der Waals surface area contributed by atoms with Crippen LogP contribution in [0.1, 0.15) is 11.1 Å². The molecular formula is C13H13BrN6. The number of fused-ring (bicyclic) bond motifs is 1. The van der Waals surface area contributed by atoms with Gasteiger partial charge in [-0.3, -0.25) is 4.57 Å². The van der Waals surface area contributed by atoms with Crippen LogP contribution in [0.15, 0.2) is 29.3 Å². The minimum atomic E-state index is 0.528. The number of aromatic nitrogens is 4. The second-order valence-electron chi connectivity index (χ2n) is 4.54. The van der Waals surface area contributed by atoms with Crippen LogP contribution in [0.25, 0.3) is 16.9 Å². The summed E-state index contributed by atoms with van der Waals surface area (Å²) in [6.07, 6.45) is 3.21. The molecular weight excluding hydrogens is 320 g/mol. The molecule has 0 aliphatic rings. The molecule has 20 heavy (non-hydrogen) atoms. The van der Waals surface area contributed by atoms with Crippen molar-refractivity contribution in [3.05, 3.63) is 40.4 Å². The van der Waals surface area contributed by atoms with Crippen LogP contribution in [0.4, 0.5) is 5.82 Å². The quantitative estimate of drug-likeness (QED) is 0.556. The third-order valence-electron chi connectivity index (χ3n) is 3.30. The Balaban J connectivity index is 2.28. The summed E-state index contributed by atoms with van der Waals surface area (Å²) in [5.41, 5.74) is 6.89. The summed E-state index contributed by atoms with van der Waals surface area (Å²) in [6.45, 7) is 4.15. The van der Waals surface area contributed by atoms with Gasteiger partial charge in [0.2, 0.25) is 0 Å². The van der Waals surface area contributed by atoms with Crippen LogP contribution in [0.5, 0.6) is 0 Å². The number of anilines is 1. The number of nitrogens with zero attached hydrogens (tertiary/aromatic N) is 4. The fourth-order valence-electron chi connectivity index (χ4n) is 2.06. The maximum absolute atomic E-state index is 5.43. The molecule has 2 heterocycles. The number of halogens is 1. The lowest BCUT2D eigenvalue weighted by Crippen LogP contribution is -2.11. The number of hydrogen-bond donors (Lipinski definition) is 2. The predicted molar refractivity (Wildman–Crippen MR) is 81.6 cm³/mol. The molecule has 6 nitrogen and oxygen atoms in total. The average molecular weight is 333 g/mol. The van der Waals surface area contributed by atoms with Crippen molar-refractivity contribution < 1.29 is 0 Å². The second-order valence-corrected chi connectivity index (χ2v) is 5.34. The van der Waals surface area contributed by atoms with E-state index in [-0.39, 0.29) is 0 Å². The smallest absolute Gasteiger partial charge is 0.159 e. The highest BCUT2D eigenvalue weighted by Gasteiger charge is 2.13. The van der Waals surface area contributed by atoms with E-state index in [1.807, 2.05) is 4.57 Å². The number of rotatable bonds is 2. The molecule has 0 radical (unpaired) electrons. The normalized spacial score (nSPS) is 11.0. The van der Waals surface area contributed by atoms with E-state index in [4.69, 9.17) is 5.84 Å². The number of nitrogens with two attached hydrogens (primary N) is 1. The number of aryl methyl sites for hydroxylation is 2. The van der Waals surface area contributed by atoms with E-state index in [0.717, 1.165) is 11.0 Å². The maximum Gasteiger partial charge on any atom is 0.159 e. The predicted octanol–water partition coefficient (Wildman–Crippen LogP) is 2.48. The van der Waals surface area contributed by atoms with Gasteiger partial charge in [-0.2, -0.15) is 0 Å². The Morgan fingerprint density at radius 2 is 1.90 bits per heavy atom. The van der Waals surface area contributed by atoms with Crippen molar-refractivity contribution in [3.8, 4) is 5.82 Å². The van der Waals surface area contributed by atoms with Gasteiger partial charge >= 0.3 is 0 Å². The highest BCUT2D eigenvalue weighted by molar-refractivity contribution is 9.10. The molecule has 0 aliphatic carbocycles. The molecule has 0 bridgehead atoms. The van der Waals surface area contributed by atoms with Gasteiger partial charge in [0, 0.05) is 0 Å². The summed E-state index contributed by atoms with van der Waals surface area (Å²) in [5, 5.41) is 0. The number of nitrogens with one attached hydrogen (secondary N) is 1. The van der Waals surface area contributed by atoms with Gasteiger partial charge in [-0.15, -0.1) is 0 Å². The van der Waals surface area contributed by atoms with Gasteiger partial charge in [0.05, 0.1) is 11.0 Å². The van der Waals surface area contributed by atoms with E-state index >= 15 is 0 Å². The third kappa shape index (κ3) is 1.95. The van der Waals surface area contributed by atoms with E-state index in [2.05, 4.69) is 62.3 Å². The van der Waals surface area contributed by atoms with Crippen LogP contribution < -0.4 is 11.3 Å². The minimum Gasteiger partial charge on any atom is -0.307 e. The number of hydrogen-bond acceptors (Lipinski definition) is 5. The van der Waals surface area contributed by atoms with Gasteiger partial charge in [0.25, 0.3) is 0 Å². The Labute approximate surface area is 124 Å². The molecule has 0 spiro atoms. The third-order valence-corrected chi connectivity index (χ3v) is 4.03. The van der Waals surface area contributed by atoms with Crippen LogP contribution in [-0.2, 0) is 0 Å². The number of nitrogen functional groups attached to an aromatic ring is 1. The topological polar surface area (TPSA) is 81.7 Å². The second kappa shape index (κ2) is 4.84. The first-order valence-electron chi connectivity index (χ1n) is 6.03. The highest BCUT2D eigenvalue weighted by Crippen LogP contribution is 2.28. The molecule has 3 N–H and O–H groups in total. The molecule has 0 fully saturated rings. The van der Waals surface area contributed by atoms with Crippen molar-refractivity contribution in [2.45, 2.75) is 13.8 Å². The molecule has 3 aromatic rings. The highest BCUT2D eigenvalue weighted by atomic mass is 79.9. The first kappa shape index (κ1) is 13.0. The summed E-state index contributed by atoms with van der Waals surface area (Å²) in [6, 6.07) is 4.17. The zero-order chi connectivity index (χ0) is 14.3. The van der Waals surface area contributed by atoms with Crippen LogP contribution in [-0.4, -0.2) is 19.5 Å². The summed E-state index contributed by atoms with van der Waals surface area (Å²) in [4.78, 5) is 12.8. The summed E-state index contributed by atoms with van der Waals surface area (Å²) < 4.78 is 2.61. The Bertz CT molecular complexity index is 795. The number of hydrazine groups is 1. The first-order chi connectivity index (χ1) is 9.61. The molecule has 7 heteroatoms. The molecule has 2 aromatic heterocycles. The van der Waals surface area contributed by atoms with Crippen molar-refractivity contribution >= 4 is 32.8 Å². The maximum atomic E-state index is 5.43. The van der Waals surface area contributed by atoms with Gasteiger partial charge < -0.3 is 5.43 Å². The van der Waals surface area contributed by atoms with Crippen molar-refractivity contribution in [2.24, 2.45) is 5.84 Å². The van der Waals surface area contributed by atoms with E-state index in [9.17, 15) is 0 Å². The van der Waals surface area contributed by atoms with Crippen molar-refractivity contribution in [2.75, 3.05) is 5.43 Å². The monoisotopic (exact) mass is 332 g/mol. The van der Waals surface area contributed by atoms with Crippen LogP contribution >= 0.6 is 15.9 Å². The van der Waals surface area contributed by atoms with Crippen molar-refractivity contribution in [3.63, 3.8) is 0 Å².